The van der Waals surface area contributed by atoms with Gasteiger partial charge < -0.3 is 10.6 Å². The minimum atomic E-state index is 0.825. The number of anilines is 2. The molecule has 1 fully saturated rings. The zero-order valence-corrected chi connectivity index (χ0v) is 6.96. The number of nitrogens with one attached hydrogen (secondary N) is 1. The number of benzene rings is 1. The Morgan fingerprint density at radius 1 is 1.25 bits per heavy atom. The van der Waals surface area contributed by atoms with Crippen LogP contribution in [-0.2, 0) is 0 Å². The van der Waals surface area contributed by atoms with Crippen LogP contribution in [0.5, 0.6) is 0 Å². The lowest BCUT2D eigenvalue weighted by atomic mass is 10.2. The minimum Gasteiger partial charge on any atom is -0.399 e. The van der Waals surface area contributed by atoms with E-state index < -0.39 is 0 Å². The van der Waals surface area contributed by atoms with Crippen LogP contribution in [0.4, 0.5) is 11.4 Å². The molecule has 3 N–H and O–H groups in total. The van der Waals surface area contributed by atoms with Crippen molar-refractivity contribution in [1.29, 1.82) is 0 Å². The average molecular weight is 163 g/mol. The molecule has 3 nitrogen and oxygen atoms in total. The van der Waals surface area contributed by atoms with Gasteiger partial charge in [-0.3, -0.25) is 5.32 Å². The van der Waals surface area contributed by atoms with Gasteiger partial charge >= 0.3 is 0 Å². The van der Waals surface area contributed by atoms with Gasteiger partial charge in [-0.1, -0.05) is 0 Å². The Morgan fingerprint density at radius 2 is 2.00 bits per heavy atom. The first-order valence-electron chi connectivity index (χ1n) is 4.17. The lowest BCUT2D eigenvalue weighted by Gasteiger charge is -2.16. The molecule has 1 saturated heterocycles. The van der Waals surface area contributed by atoms with E-state index in [9.17, 15) is 0 Å². The molecule has 0 aliphatic carbocycles. The van der Waals surface area contributed by atoms with Crippen molar-refractivity contribution in [3.63, 3.8) is 0 Å². The number of rotatable bonds is 1. The van der Waals surface area contributed by atoms with E-state index in [-0.39, 0.29) is 0 Å². The van der Waals surface area contributed by atoms with Crippen molar-refractivity contribution < 1.29 is 0 Å². The molecule has 0 aromatic heterocycles. The molecule has 1 aromatic carbocycles. The second-order valence-electron chi connectivity index (χ2n) is 3.01. The van der Waals surface area contributed by atoms with Gasteiger partial charge in [0, 0.05) is 24.5 Å². The number of hydrogen-bond acceptors (Lipinski definition) is 3. The predicted molar refractivity (Wildman–Crippen MR) is 51.1 cm³/mol. The van der Waals surface area contributed by atoms with Crippen molar-refractivity contribution >= 4 is 11.4 Å². The van der Waals surface area contributed by atoms with Gasteiger partial charge in [0.1, 0.15) is 0 Å². The van der Waals surface area contributed by atoms with Crippen molar-refractivity contribution in [2.45, 2.75) is 0 Å². The van der Waals surface area contributed by atoms with Crippen LogP contribution in [-0.4, -0.2) is 19.8 Å². The zero-order valence-electron chi connectivity index (χ0n) is 6.96. The Morgan fingerprint density at radius 3 is 2.58 bits per heavy atom. The fourth-order valence-electron chi connectivity index (χ4n) is 1.41. The maximum absolute atomic E-state index is 5.59. The van der Waals surface area contributed by atoms with Gasteiger partial charge in [0.15, 0.2) is 0 Å². The third kappa shape index (κ3) is 1.36. The second-order valence-corrected chi connectivity index (χ2v) is 3.01. The molecule has 0 spiro atoms. The van der Waals surface area contributed by atoms with Crippen molar-refractivity contribution in [2.24, 2.45) is 0 Å². The monoisotopic (exact) mass is 163 g/mol. The van der Waals surface area contributed by atoms with Gasteiger partial charge in [-0.05, 0) is 24.3 Å². The van der Waals surface area contributed by atoms with Gasteiger partial charge in [0.2, 0.25) is 0 Å². The van der Waals surface area contributed by atoms with E-state index in [1.165, 1.54) is 5.69 Å². The predicted octanol–water partition coefficient (Wildman–Crippen LogP) is 0.636. The number of hydrogen-bond donors (Lipinski definition) is 2. The molecular weight excluding hydrogens is 150 g/mol. The lowest BCUT2D eigenvalue weighted by Crippen LogP contribution is -2.20. The van der Waals surface area contributed by atoms with Gasteiger partial charge in [-0.2, -0.15) is 0 Å². The van der Waals surface area contributed by atoms with E-state index in [2.05, 4.69) is 22.3 Å². The largest absolute Gasteiger partial charge is 0.399 e. The fourth-order valence-corrected chi connectivity index (χ4v) is 1.41. The van der Waals surface area contributed by atoms with Crippen molar-refractivity contribution in [3.05, 3.63) is 24.3 Å². The molecular formula is C9H13N3. The van der Waals surface area contributed by atoms with Crippen LogP contribution in [0.3, 0.4) is 0 Å². The van der Waals surface area contributed by atoms with E-state index in [4.69, 9.17) is 5.73 Å². The van der Waals surface area contributed by atoms with Crippen LogP contribution < -0.4 is 16.0 Å². The van der Waals surface area contributed by atoms with Gasteiger partial charge in [-0.15, -0.1) is 0 Å². The Hall–Kier alpha value is -1.22. The van der Waals surface area contributed by atoms with Crippen LogP contribution in [0, 0.1) is 0 Å². The molecule has 1 aliphatic rings. The summed E-state index contributed by atoms with van der Waals surface area (Å²) < 4.78 is 0. The quantitative estimate of drug-likeness (QED) is 0.597. The zero-order chi connectivity index (χ0) is 8.39. The average Bonchev–Trinajstić information content (AvgIpc) is 2.58. The fraction of sp³-hybridized carbons (Fsp3) is 0.333. The summed E-state index contributed by atoms with van der Waals surface area (Å²) in [6.07, 6.45) is 0. The molecule has 64 valence electrons. The first-order valence-corrected chi connectivity index (χ1v) is 4.17. The van der Waals surface area contributed by atoms with Crippen LogP contribution in [0.1, 0.15) is 0 Å². The molecule has 0 saturated carbocycles. The van der Waals surface area contributed by atoms with Crippen LogP contribution in [0.2, 0.25) is 0 Å². The van der Waals surface area contributed by atoms with Crippen molar-refractivity contribution in [3.8, 4) is 0 Å². The maximum Gasteiger partial charge on any atom is 0.0683 e. The van der Waals surface area contributed by atoms with Crippen molar-refractivity contribution in [2.75, 3.05) is 30.4 Å². The van der Waals surface area contributed by atoms with Crippen molar-refractivity contribution in [1.82, 2.24) is 5.32 Å². The summed E-state index contributed by atoms with van der Waals surface area (Å²) in [6.45, 7) is 3.11. The molecule has 0 radical (unpaired) electrons. The molecule has 0 amide bonds. The second kappa shape index (κ2) is 3.03. The SMILES string of the molecule is Nc1ccc(N2CCNC2)cc1. The highest BCUT2D eigenvalue weighted by molar-refractivity contribution is 5.53. The van der Waals surface area contributed by atoms with Crippen LogP contribution in [0.15, 0.2) is 24.3 Å². The summed E-state index contributed by atoms with van der Waals surface area (Å²) in [5.74, 6) is 0. The highest BCUT2D eigenvalue weighted by Gasteiger charge is 2.10. The smallest absolute Gasteiger partial charge is 0.0683 e. The topological polar surface area (TPSA) is 41.3 Å². The summed E-state index contributed by atoms with van der Waals surface area (Å²) in [5.41, 5.74) is 7.66. The normalized spacial score (nSPS) is 16.8. The van der Waals surface area contributed by atoms with Crippen LogP contribution >= 0.6 is 0 Å². The van der Waals surface area contributed by atoms with E-state index >= 15 is 0 Å². The summed E-state index contributed by atoms with van der Waals surface area (Å²) in [6, 6.07) is 7.99. The molecule has 0 bridgehead atoms. The highest BCUT2D eigenvalue weighted by atomic mass is 15.3. The van der Waals surface area contributed by atoms with E-state index in [1.54, 1.807) is 0 Å². The molecule has 3 heteroatoms. The highest BCUT2D eigenvalue weighted by Crippen LogP contribution is 2.16. The summed E-state index contributed by atoms with van der Waals surface area (Å²) in [5, 5.41) is 3.28. The molecule has 12 heavy (non-hydrogen) atoms. The molecule has 0 atom stereocenters. The van der Waals surface area contributed by atoms with Crippen LogP contribution in [0.25, 0.3) is 0 Å². The Bertz CT molecular complexity index is 249. The van der Waals surface area contributed by atoms with Gasteiger partial charge in [-0.25, -0.2) is 0 Å². The van der Waals surface area contributed by atoms with Gasteiger partial charge in [0.25, 0.3) is 0 Å². The Balaban J connectivity index is 2.17. The Labute approximate surface area is 72.2 Å². The van der Waals surface area contributed by atoms with E-state index in [1.807, 2.05) is 12.1 Å². The van der Waals surface area contributed by atoms with Gasteiger partial charge in [0.05, 0.1) is 6.67 Å². The first-order chi connectivity index (χ1) is 5.86. The third-order valence-corrected chi connectivity index (χ3v) is 2.12. The summed E-state index contributed by atoms with van der Waals surface area (Å²) >= 11 is 0. The molecule has 1 aliphatic heterocycles. The first kappa shape index (κ1) is 7.43. The number of nitrogens with two attached hydrogens (primary N) is 1. The Kier molecular flexibility index (Phi) is 1.87. The number of nitrogens with zero attached hydrogens (tertiary/aromatic N) is 1. The van der Waals surface area contributed by atoms with E-state index in [0.29, 0.717) is 0 Å². The minimum absolute atomic E-state index is 0.825. The maximum atomic E-state index is 5.59. The molecule has 1 aromatic rings. The standard InChI is InChI=1S/C9H13N3/c10-8-1-3-9(4-2-8)12-6-5-11-7-12/h1-4,11H,5-7,10H2. The molecule has 2 rings (SSSR count). The third-order valence-electron chi connectivity index (χ3n) is 2.12. The summed E-state index contributed by atoms with van der Waals surface area (Å²) in [4.78, 5) is 2.29. The molecule has 0 unspecified atom stereocenters. The van der Waals surface area contributed by atoms with E-state index in [0.717, 1.165) is 25.4 Å². The lowest BCUT2D eigenvalue weighted by molar-refractivity contribution is 0.855. The molecule has 1 heterocycles. The summed E-state index contributed by atoms with van der Waals surface area (Å²) in [7, 11) is 0. The number of nitrogen functional groups attached to an aromatic ring is 1.